The second kappa shape index (κ2) is 7.01. The number of aromatic nitrogens is 1. The Morgan fingerprint density at radius 1 is 1.29 bits per heavy atom. The van der Waals surface area contributed by atoms with E-state index in [0.717, 1.165) is 11.1 Å². The Kier molecular flexibility index (Phi) is 4.81. The molecule has 1 aromatic carbocycles. The summed E-state index contributed by atoms with van der Waals surface area (Å²) in [4.78, 5) is 30.5. The van der Waals surface area contributed by atoms with Gasteiger partial charge >= 0.3 is 0 Å². The number of nitrogens with zero attached hydrogens (tertiary/aromatic N) is 2. The zero-order valence-electron chi connectivity index (χ0n) is 13.3. The lowest BCUT2D eigenvalue weighted by Gasteiger charge is -2.24. The number of carbonyl (C=O) groups excluding carboxylic acids is 2. The number of hydrogen-bond acceptors (Lipinski definition) is 3. The second-order valence-electron chi connectivity index (χ2n) is 5.91. The van der Waals surface area contributed by atoms with Gasteiger partial charge in [-0.1, -0.05) is 29.8 Å². The van der Waals surface area contributed by atoms with E-state index in [2.05, 4.69) is 10.3 Å². The predicted molar refractivity (Wildman–Crippen MR) is 92.6 cm³/mol. The van der Waals surface area contributed by atoms with Crippen molar-refractivity contribution in [2.24, 2.45) is 0 Å². The predicted octanol–water partition coefficient (Wildman–Crippen LogP) is 3.17. The standard InChI is InChI=1S/C18H18ClN3O2/c1-12-2-8-16(20-10-12)21-18(24)15-7-9-17(23)22(15)11-13-3-5-14(19)6-4-13/h2-6,8,10,15H,7,9,11H2,1H3,(H,20,21,24)/t15-/m1/s1. The molecule has 0 radical (unpaired) electrons. The molecule has 2 heterocycles. The van der Waals surface area contributed by atoms with Crippen molar-refractivity contribution < 1.29 is 9.59 Å². The molecular formula is C18H18ClN3O2. The van der Waals surface area contributed by atoms with E-state index in [-0.39, 0.29) is 11.8 Å². The van der Waals surface area contributed by atoms with Gasteiger partial charge < -0.3 is 10.2 Å². The number of carbonyl (C=O) groups is 2. The molecule has 0 unspecified atom stereocenters. The molecular weight excluding hydrogens is 326 g/mol. The Morgan fingerprint density at radius 2 is 2.04 bits per heavy atom. The molecule has 2 aromatic rings. The van der Waals surface area contributed by atoms with Gasteiger partial charge in [-0.3, -0.25) is 9.59 Å². The number of halogens is 1. The molecule has 0 aliphatic carbocycles. The highest BCUT2D eigenvalue weighted by atomic mass is 35.5. The lowest BCUT2D eigenvalue weighted by molar-refractivity contribution is -0.133. The van der Waals surface area contributed by atoms with Crippen LogP contribution < -0.4 is 5.32 Å². The van der Waals surface area contributed by atoms with Crippen molar-refractivity contribution in [1.82, 2.24) is 9.88 Å². The molecule has 0 saturated carbocycles. The van der Waals surface area contributed by atoms with Crippen LogP contribution >= 0.6 is 11.6 Å². The molecule has 3 rings (SSSR count). The van der Waals surface area contributed by atoms with Crippen molar-refractivity contribution in [1.29, 1.82) is 0 Å². The molecule has 1 atom stereocenters. The van der Waals surface area contributed by atoms with Gasteiger partial charge in [0.05, 0.1) is 0 Å². The summed E-state index contributed by atoms with van der Waals surface area (Å²) in [6.07, 6.45) is 2.60. The first kappa shape index (κ1) is 16.5. The van der Waals surface area contributed by atoms with Crippen LogP contribution in [0.25, 0.3) is 0 Å². The van der Waals surface area contributed by atoms with E-state index in [9.17, 15) is 9.59 Å². The lowest BCUT2D eigenvalue weighted by atomic mass is 10.1. The summed E-state index contributed by atoms with van der Waals surface area (Å²) in [6, 6.07) is 10.5. The van der Waals surface area contributed by atoms with Gasteiger partial charge in [0.1, 0.15) is 11.9 Å². The molecule has 1 fully saturated rings. The molecule has 5 nitrogen and oxygen atoms in total. The van der Waals surface area contributed by atoms with E-state index in [1.807, 2.05) is 25.1 Å². The zero-order valence-corrected chi connectivity index (χ0v) is 14.1. The van der Waals surface area contributed by atoms with Gasteiger partial charge in [0.15, 0.2) is 0 Å². The summed E-state index contributed by atoms with van der Waals surface area (Å²) < 4.78 is 0. The average Bonchev–Trinajstić information content (AvgIpc) is 2.93. The van der Waals surface area contributed by atoms with Gasteiger partial charge in [-0.05, 0) is 42.7 Å². The summed E-state index contributed by atoms with van der Waals surface area (Å²) in [5.41, 5.74) is 1.97. The topological polar surface area (TPSA) is 62.3 Å². The molecule has 0 spiro atoms. The van der Waals surface area contributed by atoms with Crippen LogP contribution in [0.1, 0.15) is 24.0 Å². The zero-order chi connectivity index (χ0) is 17.1. The van der Waals surface area contributed by atoms with Crippen molar-refractivity contribution >= 4 is 29.2 Å². The van der Waals surface area contributed by atoms with E-state index < -0.39 is 6.04 Å². The average molecular weight is 344 g/mol. The smallest absolute Gasteiger partial charge is 0.248 e. The van der Waals surface area contributed by atoms with Crippen LogP contribution in [0.4, 0.5) is 5.82 Å². The van der Waals surface area contributed by atoms with Crippen molar-refractivity contribution in [2.45, 2.75) is 32.4 Å². The van der Waals surface area contributed by atoms with Crippen LogP contribution in [0.15, 0.2) is 42.6 Å². The van der Waals surface area contributed by atoms with Crippen LogP contribution in [0.3, 0.4) is 0 Å². The normalized spacial score (nSPS) is 17.2. The molecule has 2 amide bonds. The van der Waals surface area contributed by atoms with E-state index >= 15 is 0 Å². The summed E-state index contributed by atoms with van der Waals surface area (Å²) in [7, 11) is 0. The third kappa shape index (κ3) is 3.74. The highest BCUT2D eigenvalue weighted by molar-refractivity contribution is 6.30. The fourth-order valence-electron chi connectivity index (χ4n) is 2.74. The van der Waals surface area contributed by atoms with Gasteiger partial charge in [-0.15, -0.1) is 0 Å². The maximum atomic E-state index is 12.5. The van der Waals surface area contributed by atoms with Crippen LogP contribution in [0.5, 0.6) is 0 Å². The maximum absolute atomic E-state index is 12.5. The highest BCUT2D eigenvalue weighted by Gasteiger charge is 2.36. The molecule has 1 aromatic heterocycles. The van der Waals surface area contributed by atoms with Crippen molar-refractivity contribution in [3.05, 3.63) is 58.7 Å². The van der Waals surface area contributed by atoms with Gasteiger partial charge in [-0.25, -0.2) is 4.98 Å². The van der Waals surface area contributed by atoms with E-state index in [1.165, 1.54) is 0 Å². The summed E-state index contributed by atoms with van der Waals surface area (Å²) in [5, 5.41) is 3.44. The van der Waals surface area contributed by atoms with E-state index in [4.69, 9.17) is 11.6 Å². The lowest BCUT2D eigenvalue weighted by Crippen LogP contribution is -2.41. The summed E-state index contributed by atoms with van der Waals surface area (Å²) in [6.45, 7) is 2.33. The van der Waals surface area contributed by atoms with E-state index in [1.54, 1.807) is 29.3 Å². The number of amides is 2. The fraction of sp³-hybridized carbons (Fsp3) is 0.278. The number of pyridine rings is 1. The molecule has 1 aliphatic heterocycles. The Hall–Kier alpha value is -2.40. The number of hydrogen-bond donors (Lipinski definition) is 1. The summed E-state index contributed by atoms with van der Waals surface area (Å²) in [5.74, 6) is 0.282. The molecule has 6 heteroatoms. The number of rotatable bonds is 4. The van der Waals surface area contributed by atoms with Gasteiger partial charge in [0, 0.05) is 24.2 Å². The van der Waals surface area contributed by atoms with Crippen molar-refractivity contribution in [3.8, 4) is 0 Å². The first-order chi connectivity index (χ1) is 11.5. The molecule has 1 aliphatic rings. The van der Waals surface area contributed by atoms with Gasteiger partial charge in [-0.2, -0.15) is 0 Å². The quantitative estimate of drug-likeness (QED) is 0.927. The SMILES string of the molecule is Cc1ccc(NC(=O)[C@H]2CCC(=O)N2Cc2ccc(Cl)cc2)nc1. The molecule has 1 saturated heterocycles. The Labute approximate surface area is 145 Å². The fourth-order valence-corrected chi connectivity index (χ4v) is 2.87. The van der Waals surface area contributed by atoms with Crippen molar-refractivity contribution in [2.75, 3.05) is 5.32 Å². The first-order valence-electron chi connectivity index (χ1n) is 7.80. The second-order valence-corrected chi connectivity index (χ2v) is 6.35. The first-order valence-corrected chi connectivity index (χ1v) is 8.18. The summed E-state index contributed by atoms with van der Waals surface area (Å²) >= 11 is 5.89. The van der Waals surface area contributed by atoms with Gasteiger partial charge in [0.2, 0.25) is 11.8 Å². The molecule has 24 heavy (non-hydrogen) atoms. The number of anilines is 1. The monoisotopic (exact) mass is 343 g/mol. The van der Waals surface area contributed by atoms with Crippen molar-refractivity contribution in [3.63, 3.8) is 0 Å². The highest BCUT2D eigenvalue weighted by Crippen LogP contribution is 2.23. The minimum atomic E-state index is -0.476. The number of aryl methyl sites for hydroxylation is 1. The Bertz CT molecular complexity index is 744. The third-order valence-corrected chi connectivity index (χ3v) is 4.31. The third-order valence-electron chi connectivity index (χ3n) is 4.06. The largest absolute Gasteiger partial charge is 0.326 e. The number of benzene rings is 1. The van der Waals surface area contributed by atoms with Crippen LogP contribution in [-0.4, -0.2) is 27.7 Å². The maximum Gasteiger partial charge on any atom is 0.248 e. The van der Waals surface area contributed by atoms with Crippen LogP contribution in [0, 0.1) is 6.92 Å². The van der Waals surface area contributed by atoms with E-state index in [0.29, 0.717) is 30.2 Å². The Balaban J connectivity index is 1.70. The molecule has 0 bridgehead atoms. The number of likely N-dealkylation sites (tertiary alicyclic amines) is 1. The van der Waals surface area contributed by atoms with Crippen LogP contribution in [0.2, 0.25) is 5.02 Å². The van der Waals surface area contributed by atoms with Gasteiger partial charge in [0.25, 0.3) is 0 Å². The Morgan fingerprint density at radius 3 is 2.71 bits per heavy atom. The molecule has 124 valence electrons. The number of nitrogens with one attached hydrogen (secondary N) is 1. The minimum Gasteiger partial charge on any atom is -0.326 e. The minimum absolute atomic E-state index is 0.0121. The van der Waals surface area contributed by atoms with Crippen LogP contribution in [-0.2, 0) is 16.1 Å². The molecule has 1 N–H and O–H groups in total.